The molecule has 2 fully saturated rings. The predicted molar refractivity (Wildman–Crippen MR) is 104 cm³/mol. The minimum Gasteiger partial charge on any atom is -0.363 e. The van der Waals surface area contributed by atoms with Crippen molar-refractivity contribution in [2.75, 3.05) is 38.6 Å². The number of anilines is 1. The predicted octanol–water partition coefficient (Wildman–Crippen LogP) is 3.37. The van der Waals surface area contributed by atoms with Crippen molar-refractivity contribution in [3.63, 3.8) is 0 Å². The Bertz CT molecular complexity index is 629. The van der Waals surface area contributed by atoms with Crippen LogP contribution in [0.25, 0.3) is 0 Å². The highest BCUT2D eigenvalue weighted by Crippen LogP contribution is 2.44. The van der Waals surface area contributed by atoms with Crippen molar-refractivity contribution >= 4 is 11.6 Å². The molecule has 1 aromatic carbocycles. The number of piperidine rings is 1. The second kappa shape index (κ2) is 7.55. The first-order valence-corrected chi connectivity index (χ1v) is 9.75. The largest absolute Gasteiger partial charge is 0.363 e. The van der Waals surface area contributed by atoms with E-state index in [1.807, 2.05) is 26.2 Å². The van der Waals surface area contributed by atoms with Gasteiger partial charge < -0.3 is 14.7 Å². The second-order valence-corrected chi connectivity index (χ2v) is 8.73. The van der Waals surface area contributed by atoms with Crippen LogP contribution in [0.15, 0.2) is 24.3 Å². The lowest BCUT2D eigenvalue weighted by molar-refractivity contribution is -0.133. The maximum atomic E-state index is 13.3. The molecule has 2 heterocycles. The lowest BCUT2D eigenvalue weighted by Gasteiger charge is -2.42. The summed E-state index contributed by atoms with van der Waals surface area (Å²) in [6, 6.07) is 7.29. The van der Waals surface area contributed by atoms with Gasteiger partial charge in [0.2, 0.25) is 5.91 Å². The monoisotopic (exact) mass is 361 g/mol. The maximum absolute atomic E-state index is 13.3. The molecule has 2 aliphatic heterocycles. The van der Waals surface area contributed by atoms with Crippen molar-refractivity contribution in [1.29, 1.82) is 0 Å². The third-order valence-corrected chi connectivity index (χ3v) is 5.89. The molecule has 144 valence electrons. The fourth-order valence-corrected chi connectivity index (χ4v) is 4.82. The molecule has 0 radical (unpaired) electrons. The molecule has 1 amide bonds. The molecule has 4 nitrogen and oxygen atoms in total. The van der Waals surface area contributed by atoms with Crippen LogP contribution in [0.3, 0.4) is 0 Å². The van der Waals surface area contributed by atoms with Crippen LogP contribution in [0.4, 0.5) is 10.1 Å². The van der Waals surface area contributed by atoms with E-state index in [1.54, 1.807) is 12.1 Å². The Balaban J connectivity index is 1.66. The first-order chi connectivity index (χ1) is 12.3. The number of carbonyl (C=O) groups is 1. The molecule has 1 aromatic rings. The summed E-state index contributed by atoms with van der Waals surface area (Å²) < 4.78 is 13.3. The van der Waals surface area contributed by atoms with Gasteiger partial charge >= 0.3 is 0 Å². The highest BCUT2D eigenvalue weighted by atomic mass is 19.1. The molecule has 2 aliphatic rings. The molecule has 5 heteroatoms. The number of likely N-dealkylation sites (tertiary alicyclic amines) is 1. The lowest BCUT2D eigenvalue weighted by atomic mass is 9.89. The first kappa shape index (κ1) is 19.2. The average molecular weight is 362 g/mol. The molecule has 0 saturated carbocycles. The van der Waals surface area contributed by atoms with Crippen molar-refractivity contribution in [3.8, 4) is 0 Å². The molecular weight excluding hydrogens is 329 g/mol. The second-order valence-electron chi connectivity index (χ2n) is 8.73. The fourth-order valence-electron chi connectivity index (χ4n) is 4.82. The third-order valence-electron chi connectivity index (χ3n) is 5.89. The third kappa shape index (κ3) is 4.03. The van der Waals surface area contributed by atoms with Crippen molar-refractivity contribution in [1.82, 2.24) is 9.80 Å². The van der Waals surface area contributed by atoms with E-state index in [0.29, 0.717) is 24.3 Å². The summed E-state index contributed by atoms with van der Waals surface area (Å²) in [7, 11) is 4.08. The van der Waals surface area contributed by atoms with Crippen LogP contribution in [0, 0.1) is 11.7 Å². The highest BCUT2D eigenvalue weighted by molar-refractivity contribution is 5.76. The Kier molecular flexibility index (Phi) is 5.56. The number of benzene rings is 1. The van der Waals surface area contributed by atoms with E-state index in [4.69, 9.17) is 0 Å². The van der Waals surface area contributed by atoms with E-state index in [2.05, 4.69) is 28.5 Å². The molecule has 2 saturated heterocycles. The summed E-state index contributed by atoms with van der Waals surface area (Å²) in [6.45, 7) is 7.16. The van der Waals surface area contributed by atoms with Crippen molar-refractivity contribution in [2.24, 2.45) is 5.92 Å². The first-order valence-electron chi connectivity index (χ1n) is 9.75. The summed E-state index contributed by atoms with van der Waals surface area (Å²) in [5, 5.41) is 0. The van der Waals surface area contributed by atoms with E-state index >= 15 is 0 Å². The van der Waals surface area contributed by atoms with Crippen LogP contribution in [0.2, 0.25) is 0 Å². The van der Waals surface area contributed by atoms with E-state index in [9.17, 15) is 9.18 Å². The van der Waals surface area contributed by atoms with Crippen LogP contribution in [0.1, 0.15) is 39.5 Å². The Morgan fingerprint density at radius 2 is 1.96 bits per heavy atom. The average Bonchev–Trinajstić information content (AvgIpc) is 2.84. The van der Waals surface area contributed by atoms with E-state index < -0.39 is 0 Å². The standard InChI is InChI=1S/C21H32FN3O/c1-21(2)14-16-15-24(20(26)6-5-12-23(3)4)13-11-19(16)25(21)18-9-7-17(22)8-10-18/h7-10,16,19H,5-6,11-15H2,1-4H3/t16-,19+/m1/s1. The van der Waals surface area contributed by atoms with E-state index in [0.717, 1.165) is 44.6 Å². The van der Waals surface area contributed by atoms with Crippen molar-refractivity contribution in [3.05, 3.63) is 30.1 Å². The van der Waals surface area contributed by atoms with Crippen LogP contribution >= 0.6 is 0 Å². The fraction of sp³-hybridized carbons (Fsp3) is 0.667. The van der Waals surface area contributed by atoms with Crippen LogP contribution in [-0.2, 0) is 4.79 Å². The number of fused-ring (bicyclic) bond motifs is 1. The Morgan fingerprint density at radius 3 is 2.62 bits per heavy atom. The molecule has 0 spiro atoms. The molecule has 26 heavy (non-hydrogen) atoms. The summed E-state index contributed by atoms with van der Waals surface area (Å²) >= 11 is 0. The van der Waals surface area contributed by atoms with Gasteiger partial charge in [-0.05, 0) is 83.9 Å². The Hall–Kier alpha value is -1.62. The maximum Gasteiger partial charge on any atom is 0.222 e. The minimum absolute atomic E-state index is 0.0249. The van der Waals surface area contributed by atoms with Gasteiger partial charge in [-0.25, -0.2) is 4.39 Å². The van der Waals surface area contributed by atoms with E-state index in [1.165, 1.54) is 0 Å². The molecule has 0 bridgehead atoms. The smallest absolute Gasteiger partial charge is 0.222 e. The summed E-state index contributed by atoms with van der Waals surface area (Å²) in [5.74, 6) is 0.588. The molecule has 0 N–H and O–H groups in total. The Labute approximate surface area is 157 Å². The van der Waals surface area contributed by atoms with Crippen LogP contribution in [0.5, 0.6) is 0 Å². The topological polar surface area (TPSA) is 26.8 Å². The number of nitrogens with zero attached hydrogens (tertiary/aromatic N) is 3. The number of hydrogen-bond acceptors (Lipinski definition) is 3. The van der Waals surface area contributed by atoms with Gasteiger partial charge in [-0.3, -0.25) is 4.79 Å². The quantitative estimate of drug-likeness (QED) is 0.804. The molecule has 0 aliphatic carbocycles. The number of carbonyl (C=O) groups excluding carboxylic acids is 1. The molecule has 3 rings (SSSR count). The van der Waals surface area contributed by atoms with Gasteiger partial charge in [0, 0.05) is 36.8 Å². The van der Waals surface area contributed by atoms with Crippen molar-refractivity contribution in [2.45, 2.75) is 51.1 Å². The number of rotatable bonds is 5. The summed E-state index contributed by atoms with van der Waals surface area (Å²) in [6.07, 6.45) is 3.62. The zero-order valence-electron chi connectivity index (χ0n) is 16.5. The van der Waals surface area contributed by atoms with Crippen LogP contribution < -0.4 is 4.90 Å². The highest BCUT2D eigenvalue weighted by Gasteiger charge is 2.48. The molecule has 2 atom stereocenters. The van der Waals surface area contributed by atoms with Gasteiger partial charge in [0.15, 0.2) is 0 Å². The molecular formula is C21H32FN3O. The zero-order valence-corrected chi connectivity index (χ0v) is 16.5. The van der Waals surface area contributed by atoms with Gasteiger partial charge in [0.1, 0.15) is 5.82 Å². The van der Waals surface area contributed by atoms with Gasteiger partial charge in [0.25, 0.3) is 0 Å². The normalized spacial score (nSPS) is 24.8. The lowest BCUT2D eigenvalue weighted by Crippen LogP contribution is -2.50. The zero-order chi connectivity index (χ0) is 18.9. The Morgan fingerprint density at radius 1 is 1.27 bits per heavy atom. The van der Waals surface area contributed by atoms with Crippen molar-refractivity contribution < 1.29 is 9.18 Å². The molecule has 0 unspecified atom stereocenters. The number of amides is 1. The van der Waals surface area contributed by atoms with Gasteiger partial charge in [0.05, 0.1) is 0 Å². The minimum atomic E-state index is -0.194. The van der Waals surface area contributed by atoms with Gasteiger partial charge in [-0.1, -0.05) is 0 Å². The number of halogens is 1. The number of hydrogen-bond donors (Lipinski definition) is 0. The van der Waals surface area contributed by atoms with Gasteiger partial charge in [-0.15, -0.1) is 0 Å². The molecule has 0 aromatic heterocycles. The SMILES string of the molecule is CN(C)CCCC(=O)N1CC[C@H]2[C@@H](C1)CC(C)(C)N2c1ccc(F)cc1. The summed E-state index contributed by atoms with van der Waals surface area (Å²) in [5.41, 5.74) is 1.12. The van der Waals surface area contributed by atoms with E-state index in [-0.39, 0.29) is 11.4 Å². The summed E-state index contributed by atoms with van der Waals surface area (Å²) in [4.78, 5) is 19.2. The van der Waals surface area contributed by atoms with Gasteiger partial charge in [-0.2, -0.15) is 0 Å². The van der Waals surface area contributed by atoms with Crippen LogP contribution in [-0.4, -0.2) is 61.0 Å².